The number of hydrogen-bond acceptors (Lipinski definition) is 4. The van der Waals surface area contributed by atoms with E-state index in [2.05, 4.69) is 20.8 Å². The third-order valence-corrected chi connectivity index (χ3v) is 3.59. The zero-order chi connectivity index (χ0) is 14.5. The zero-order valence-corrected chi connectivity index (χ0v) is 12.6. The Labute approximate surface area is 121 Å². The van der Waals surface area contributed by atoms with Crippen molar-refractivity contribution in [1.29, 1.82) is 0 Å². The van der Waals surface area contributed by atoms with Crippen molar-refractivity contribution in [3.05, 3.63) is 17.7 Å². The SMILES string of the molecule is CCCC(C)Oc1cc2c(cc1CC(N)CC)OCO2. The van der Waals surface area contributed by atoms with Crippen molar-refractivity contribution in [2.24, 2.45) is 5.73 Å². The van der Waals surface area contributed by atoms with Gasteiger partial charge in [0.05, 0.1) is 6.10 Å². The lowest BCUT2D eigenvalue weighted by Gasteiger charge is -2.19. The quantitative estimate of drug-likeness (QED) is 0.832. The smallest absolute Gasteiger partial charge is 0.231 e. The van der Waals surface area contributed by atoms with Crippen LogP contribution in [0.2, 0.25) is 0 Å². The number of rotatable bonds is 7. The van der Waals surface area contributed by atoms with Gasteiger partial charge in [0.25, 0.3) is 0 Å². The van der Waals surface area contributed by atoms with Gasteiger partial charge < -0.3 is 19.9 Å². The zero-order valence-electron chi connectivity index (χ0n) is 12.6. The van der Waals surface area contributed by atoms with Crippen molar-refractivity contribution in [2.75, 3.05) is 6.79 Å². The Morgan fingerprint density at radius 1 is 1.25 bits per heavy atom. The first-order valence-electron chi connectivity index (χ1n) is 7.48. The highest BCUT2D eigenvalue weighted by molar-refractivity contribution is 5.52. The van der Waals surface area contributed by atoms with Crippen LogP contribution < -0.4 is 19.9 Å². The molecule has 1 aromatic carbocycles. The second-order valence-corrected chi connectivity index (χ2v) is 5.40. The summed E-state index contributed by atoms with van der Waals surface area (Å²) in [6.45, 7) is 6.63. The van der Waals surface area contributed by atoms with Crippen molar-refractivity contribution in [3.63, 3.8) is 0 Å². The highest BCUT2D eigenvalue weighted by atomic mass is 16.7. The fraction of sp³-hybridized carbons (Fsp3) is 0.625. The first kappa shape index (κ1) is 15.0. The summed E-state index contributed by atoms with van der Waals surface area (Å²) in [6.07, 6.45) is 4.07. The predicted octanol–water partition coefficient (Wildman–Crippen LogP) is 3.26. The molecule has 2 atom stereocenters. The lowest BCUT2D eigenvalue weighted by atomic mass is 10.0. The van der Waals surface area contributed by atoms with Gasteiger partial charge in [0.15, 0.2) is 11.5 Å². The van der Waals surface area contributed by atoms with Crippen LogP contribution in [0.5, 0.6) is 17.2 Å². The van der Waals surface area contributed by atoms with Crippen LogP contribution in [0.25, 0.3) is 0 Å². The monoisotopic (exact) mass is 279 g/mol. The molecule has 0 fully saturated rings. The highest BCUT2D eigenvalue weighted by Crippen LogP contribution is 2.39. The Hall–Kier alpha value is -1.42. The van der Waals surface area contributed by atoms with Crippen LogP contribution >= 0.6 is 0 Å². The Balaban J connectivity index is 2.22. The molecular weight excluding hydrogens is 254 g/mol. The standard InChI is InChI=1S/C16H25NO3/c1-4-6-11(3)20-14-9-16-15(18-10-19-16)8-12(14)7-13(17)5-2/h8-9,11,13H,4-7,10,17H2,1-3H3. The summed E-state index contributed by atoms with van der Waals surface area (Å²) >= 11 is 0. The predicted molar refractivity (Wildman–Crippen MR) is 79.5 cm³/mol. The number of fused-ring (bicyclic) bond motifs is 1. The van der Waals surface area contributed by atoms with Crippen LogP contribution in [0.1, 0.15) is 45.6 Å². The van der Waals surface area contributed by atoms with E-state index < -0.39 is 0 Å². The molecular formula is C16H25NO3. The molecule has 0 saturated carbocycles. The summed E-state index contributed by atoms with van der Waals surface area (Å²) in [5.74, 6) is 2.43. The Bertz CT molecular complexity index is 448. The molecule has 4 heteroatoms. The highest BCUT2D eigenvalue weighted by Gasteiger charge is 2.20. The van der Waals surface area contributed by atoms with E-state index in [0.717, 1.165) is 48.5 Å². The summed E-state index contributed by atoms with van der Waals surface area (Å²) in [5.41, 5.74) is 7.18. The summed E-state index contributed by atoms with van der Waals surface area (Å²) in [5, 5.41) is 0. The summed E-state index contributed by atoms with van der Waals surface area (Å²) in [6, 6.07) is 4.08. The molecule has 20 heavy (non-hydrogen) atoms. The molecule has 0 aliphatic carbocycles. The molecule has 1 aliphatic heterocycles. The maximum Gasteiger partial charge on any atom is 0.231 e. The van der Waals surface area contributed by atoms with E-state index in [0.29, 0.717) is 0 Å². The largest absolute Gasteiger partial charge is 0.490 e. The van der Waals surface area contributed by atoms with Gasteiger partial charge in [-0.2, -0.15) is 0 Å². The van der Waals surface area contributed by atoms with Gasteiger partial charge in [0.1, 0.15) is 5.75 Å². The van der Waals surface area contributed by atoms with E-state index in [4.69, 9.17) is 19.9 Å². The van der Waals surface area contributed by atoms with E-state index in [1.807, 2.05) is 12.1 Å². The van der Waals surface area contributed by atoms with Gasteiger partial charge in [-0.3, -0.25) is 0 Å². The van der Waals surface area contributed by atoms with Crippen molar-refractivity contribution >= 4 is 0 Å². The molecule has 0 amide bonds. The Morgan fingerprint density at radius 3 is 2.60 bits per heavy atom. The minimum absolute atomic E-state index is 0.138. The summed E-state index contributed by atoms with van der Waals surface area (Å²) < 4.78 is 16.9. The molecule has 0 aromatic heterocycles. The average Bonchev–Trinajstić information content (AvgIpc) is 2.86. The molecule has 0 spiro atoms. The van der Waals surface area contributed by atoms with E-state index in [1.54, 1.807) is 0 Å². The second-order valence-electron chi connectivity index (χ2n) is 5.40. The second kappa shape index (κ2) is 6.84. The van der Waals surface area contributed by atoms with E-state index in [9.17, 15) is 0 Å². The van der Waals surface area contributed by atoms with Gasteiger partial charge in [0.2, 0.25) is 6.79 Å². The molecule has 1 aromatic rings. The van der Waals surface area contributed by atoms with Crippen molar-refractivity contribution in [3.8, 4) is 17.2 Å². The first-order chi connectivity index (χ1) is 9.63. The Morgan fingerprint density at radius 2 is 1.95 bits per heavy atom. The number of ether oxygens (including phenoxy) is 3. The molecule has 112 valence electrons. The van der Waals surface area contributed by atoms with Crippen molar-refractivity contribution < 1.29 is 14.2 Å². The van der Waals surface area contributed by atoms with Crippen LogP contribution in [0.4, 0.5) is 0 Å². The average molecular weight is 279 g/mol. The third kappa shape index (κ3) is 3.57. The maximum atomic E-state index is 6.08. The van der Waals surface area contributed by atoms with Gasteiger partial charge in [-0.1, -0.05) is 20.3 Å². The normalized spacial score (nSPS) is 16.0. The van der Waals surface area contributed by atoms with Crippen molar-refractivity contribution in [1.82, 2.24) is 0 Å². The third-order valence-electron chi connectivity index (χ3n) is 3.59. The number of hydrogen-bond donors (Lipinski definition) is 1. The van der Waals surface area contributed by atoms with Crippen LogP contribution in [0.3, 0.4) is 0 Å². The van der Waals surface area contributed by atoms with Gasteiger partial charge in [-0.25, -0.2) is 0 Å². The molecule has 1 aliphatic rings. The van der Waals surface area contributed by atoms with E-state index in [1.165, 1.54) is 0 Å². The topological polar surface area (TPSA) is 53.7 Å². The summed E-state index contributed by atoms with van der Waals surface area (Å²) in [7, 11) is 0. The molecule has 0 radical (unpaired) electrons. The molecule has 2 N–H and O–H groups in total. The van der Waals surface area contributed by atoms with Crippen LogP contribution in [-0.2, 0) is 6.42 Å². The van der Waals surface area contributed by atoms with Crippen molar-refractivity contribution in [2.45, 2.75) is 58.6 Å². The van der Waals surface area contributed by atoms with Gasteiger partial charge in [-0.15, -0.1) is 0 Å². The maximum absolute atomic E-state index is 6.08. The van der Waals surface area contributed by atoms with Crippen LogP contribution in [0.15, 0.2) is 12.1 Å². The van der Waals surface area contributed by atoms with Gasteiger partial charge in [0, 0.05) is 12.1 Å². The minimum atomic E-state index is 0.138. The van der Waals surface area contributed by atoms with Gasteiger partial charge >= 0.3 is 0 Å². The Kier molecular flexibility index (Phi) is 5.12. The minimum Gasteiger partial charge on any atom is -0.490 e. The van der Waals surface area contributed by atoms with Crippen LogP contribution in [0, 0.1) is 0 Å². The lowest BCUT2D eigenvalue weighted by Crippen LogP contribution is -2.22. The molecule has 0 bridgehead atoms. The van der Waals surface area contributed by atoms with Gasteiger partial charge in [-0.05, 0) is 37.8 Å². The molecule has 2 unspecified atom stereocenters. The lowest BCUT2D eigenvalue weighted by molar-refractivity contribution is 0.173. The molecule has 4 nitrogen and oxygen atoms in total. The number of benzene rings is 1. The first-order valence-corrected chi connectivity index (χ1v) is 7.48. The number of nitrogens with two attached hydrogens (primary N) is 1. The molecule has 1 heterocycles. The molecule has 0 saturated heterocycles. The fourth-order valence-corrected chi connectivity index (χ4v) is 2.34. The summed E-state index contributed by atoms with van der Waals surface area (Å²) in [4.78, 5) is 0. The van der Waals surface area contributed by atoms with E-state index >= 15 is 0 Å². The fourth-order valence-electron chi connectivity index (χ4n) is 2.34. The molecule has 2 rings (SSSR count). The van der Waals surface area contributed by atoms with Crippen LogP contribution in [-0.4, -0.2) is 18.9 Å². The van der Waals surface area contributed by atoms with E-state index in [-0.39, 0.29) is 18.9 Å².